The van der Waals surface area contributed by atoms with Crippen LogP contribution in [0.2, 0.25) is 0 Å². The monoisotopic (exact) mass is 404 g/mol. The predicted molar refractivity (Wildman–Crippen MR) is 88.2 cm³/mol. The molecule has 0 aliphatic carbocycles. The van der Waals surface area contributed by atoms with Crippen LogP contribution in [0, 0.1) is 6.92 Å². The molecule has 28 heavy (non-hydrogen) atoms. The number of aliphatic hydroxyl groups is 1. The van der Waals surface area contributed by atoms with Gasteiger partial charge in [0, 0.05) is 11.8 Å². The number of rotatable bonds is 2. The molecule has 2 aromatic heterocycles. The van der Waals surface area contributed by atoms with E-state index in [0.717, 1.165) is 16.5 Å². The largest absolute Gasteiger partial charge is 0.434 e. The third kappa shape index (κ3) is 3.15. The molecule has 0 saturated carbocycles. The highest BCUT2D eigenvalue weighted by molar-refractivity contribution is 5.72. The van der Waals surface area contributed by atoms with Crippen LogP contribution in [-0.4, -0.2) is 25.7 Å². The summed E-state index contributed by atoms with van der Waals surface area (Å²) in [6.07, 6.45) is -7.87. The molecule has 0 aliphatic heterocycles. The van der Waals surface area contributed by atoms with Gasteiger partial charge in [0.05, 0.1) is 11.9 Å². The second-order valence-corrected chi connectivity index (χ2v) is 6.45. The lowest BCUT2D eigenvalue weighted by Gasteiger charge is -2.27. The van der Waals surface area contributed by atoms with Gasteiger partial charge in [0.15, 0.2) is 22.8 Å². The Balaban J connectivity index is 2.26. The number of aromatic nitrogens is 3. The number of fused-ring (bicyclic) bond motifs is 1. The quantitative estimate of drug-likeness (QED) is 0.632. The Bertz CT molecular complexity index is 1050. The molecule has 1 aromatic carbocycles. The molecule has 0 unspecified atom stereocenters. The highest BCUT2D eigenvalue weighted by atomic mass is 19.4. The molecule has 0 amide bonds. The standard InChI is InChI=1S/C17H14F6N4O/c1-8-3-4-9(15(2,28)17(21,22)23)5-10(8)11-6-25-14-13(24)26-12(7-27(11)14)16(18,19)20/h3-7,28H,1-2H3,(H2,24,26)/t15-/m1/s1. The Labute approximate surface area is 154 Å². The zero-order valence-electron chi connectivity index (χ0n) is 14.5. The molecule has 0 radical (unpaired) electrons. The van der Waals surface area contributed by atoms with Gasteiger partial charge in [-0.05, 0) is 31.0 Å². The van der Waals surface area contributed by atoms with E-state index in [9.17, 15) is 31.4 Å². The van der Waals surface area contributed by atoms with Crippen molar-refractivity contribution in [2.75, 3.05) is 5.73 Å². The summed E-state index contributed by atoms with van der Waals surface area (Å²) in [7, 11) is 0. The number of benzene rings is 1. The van der Waals surface area contributed by atoms with Gasteiger partial charge >= 0.3 is 12.4 Å². The first-order valence-corrected chi connectivity index (χ1v) is 7.85. The minimum Gasteiger partial charge on any atom is -0.381 e. The second-order valence-electron chi connectivity index (χ2n) is 6.45. The van der Waals surface area contributed by atoms with E-state index in [1.807, 2.05) is 0 Å². The average Bonchev–Trinajstić information content (AvgIpc) is 2.97. The molecule has 3 rings (SSSR count). The maximum absolute atomic E-state index is 13.2. The Morgan fingerprint density at radius 3 is 2.32 bits per heavy atom. The molecule has 5 nitrogen and oxygen atoms in total. The van der Waals surface area contributed by atoms with Gasteiger partial charge in [-0.15, -0.1) is 0 Å². The van der Waals surface area contributed by atoms with Crippen LogP contribution < -0.4 is 5.73 Å². The van der Waals surface area contributed by atoms with Crippen molar-refractivity contribution in [2.45, 2.75) is 31.8 Å². The molecule has 0 spiro atoms. The van der Waals surface area contributed by atoms with Crippen LogP contribution in [0.3, 0.4) is 0 Å². The van der Waals surface area contributed by atoms with E-state index in [4.69, 9.17) is 5.73 Å². The summed E-state index contributed by atoms with van der Waals surface area (Å²) in [6, 6.07) is 3.50. The molecule has 3 aromatic rings. The smallest absolute Gasteiger partial charge is 0.381 e. The van der Waals surface area contributed by atoms with Crippen molar-refractivity contribution in [3.63, 3.8) is 0 Å². The lowest BCUT2D eigenvalue weighted by atomic mass is 9.91. The molecule has 0 saturated heterocycles. The highest BCUT2D eigenvalue weighted by Gasteiger charge is 2.51. The number of nitrogens with two attached hydrogens (primary N) is 1. The SMILES string of the molecule is Cc1ccc([C@@](C)(O)C(F)(F)F)cc1-c1cnc2c(N)nc(C(F)(F)F)cn12. The summed E-state index contributed by atoms with van der Waals surface area (Å²) in [5.74, 6) is -0.475. The van der Waals surface area contributed by atoms with Crippen LogP contribution in [0.1, 0.15) is 23.7 Å². The normalized spacial score (nSPS) is 15.0. The van der Waals surface area contributed by atoms with Crippen LogP contribution in [0.15, 0.2) is 30.6 Å². The molecule has 11 heteroatoms. The molecule has 3 N–H and O–H groups in total. The van der Waals surface area contributed by atoms with Crippen LogP contribution in [0.25, 0.3) is 16.9 Å². The minimum absolute atomic E-state index is 0.0737. The van der Waals surface area contributed by atoms with Crippen LogP contribution in [0.5, 0.6) is 0 Å². The Morgan fingerprint density at radius 1 is 1.11 bits per heavy atom. The van der Waals surface area contributed by atoms with Gasteiger partial charge in [-0.3, -0.25) is 4.40 Å². The fourth-order valence-electron chi connectivity index (χ4n) is 2.71. The van der Waals surface area contributed by atoms with E-state index in [0.29, 0.717) is 18.7 Å². The number of anilines is 1. The van der Waals surface area contributed by atoms with E-state index in [-0.39, 0.29) is 16.9 Å². The van der Waals surface area contributed by atoms with Crippen molar-refractivity contribution < 1.29 is 31.4 Å². The zero-order valence-corrected chi connectivity index (χ0v) is 14.5. The molecule has 0 fully saturated rings. The van der Waals surface area contributed by atoms with Crippen molar-refractivity contribution in [1.82, 2.24) is 14.4 Å². The van der Waals surface area contributed by atoms with E-state index in [1.54, 1.807) is 6.92 Å². The van der Waals surface area contributed by atoms with Crippen LogP contribution in [0.4, 0.5) is 32.2 Å². The number of nitrogen functional groups attached to an aromatic ring is 1. The Hall–Kier alpha value is -2.82. The number of halogens is 6. The van der Waals surface area contributed by atoms with Gasteiger partial charge < -0.3 is 10.8 Å². The van der Waals surface area contributed by atoms with Crippen molar-refractivity contribution in [2.24, 2.45) is 0 Å². The number of nitrogens with zero attached hydrogens (tertiary/aromatic N) is 3. The summed E-state index contributed by atoms with van der Waals surface area (Å²) in [6.45, 7) is 2.16. The van der Waals surface area contributed by atoms with Gasteiger partial charge in [0.2, 0.25) is 0 Å². The first-order valence-electron chi connectivity index (χ1n) is 7.85. The van der Waals surface area contributed by atoms with Gasteiger partial charge in [-0.25, -0.2) is 9.97 Å². The van der Waals surface area contributed by atoms with Crippen molar-refractivity contribution in [3.05, 3.63) is 47.4 Å². The first-order chi connectivity index (χ1) is 12.7. The molecular weight excluding hydrogens is 390 g/mol. The number of imidazole rings is 1. The fourth-order valence-corrected chi connectivity index (χ4v) is 2.71. The number of alkyl halides is 6. The molecule has 0 aliphatic rings. The van der Waals surface area contributed by atoms with E-state index < -0.39 is 35.0 Å². The highest BCUT2D eigenvalue weighted by Crippen LogP contribution is 2.40. The van der Waals surface area contributed by atoms with Crippen molar-refractivity contribution >= 4 is 11.5 Å². The Morgan fingerprint density at radius 2 is 1.75 bits per heavy atom. The summed E-state index contributed by atoms with van der Waals surface area (Å²) in [4.78, 5) is 7.19. The second kappa shape index (κ2) is 6.09. The third-order valence-electron chi connectivity index (χ3n) is 4.44. The number of hydrogen-bond acceptors (Lipinski definition) is 4. The zero-order chi connectivity index (χ0) is 21.1. The number of aryl methyl sites for hydroxylation is 1. The third-order valence-corrected chi connectivity index (χ3v) is 4.44. The van der Waals surface area contributed by atoms with Crippen molar-refractivity contribution in [3.8, 4) is 11.3 Å². The maximum Gasteiger partial charge on any atom is 0.434 e. The Kier molecular flexibility index (Phi) is 4.34. The van der Waals surface area contributed by atoms with Gasteiger partial charge in [0.1, 0.15) is 0 Å². The van der Waals surface area contributed by atoms with Gasteiger partial charge in [-0.1, -0.05) is 12.1 Å². The first kappa shape index (κ1) is 19.9. The topological polar surface area (TPSA) is 76.4 Å². The summed E-state index contributed by atoms with van der Waals surface area (Å²) < 4.78 is 79.7. The predicted octanol–water partition coefficient (Wildman–Crippen LogP) is 4.08. The maximum atomic E-state index is 13.2. The minimum atomic E-state index is -4.95. The molecule has 0 bridgehead atoms. The van der Waals surface area contributed by atoms with Crippen LogP contribution >= 0.6 is 0 Å². The van der Waals surface area contributed by atoms with Crippen LogP contribution in [-0.2, 0) is 11.8 Å². The van der Waals surface area contributed by atoms with E-state index >= 15 is 0 Å². The molecular formula is C17H14F6N4O. The molecule has 150 valence electrons. The lowest BCUT2D eigenvalue weighted by Crippen LogP contribution is -2.39. The number of hydrogen-bond donors (Lipinski definition) is 2. The van der Waals surface area contributed by atoms with E-state index in [2.05, 4.69) is 9.97 Å². The van der Waals surface area contributed by atoms with E-state index in [1.165, 1.54) is 12.3 Å². The van der Waals surface area contributed by atoms with Gasteiger partial charge in [-0.2, -0.15) is 26.3 Å². The summed E-state index contributed by atoms with van der Waals surface area (Å²) >= 11 is 0. The fraction of sp³-hybridized carbons (Fsp3) is 0.294. The van der Waals surface area contributed by atoms with Crippen molar-refractivity contribution in [1.29, 1.82) is 0 Å². The van der Waals surface area contributed by atoms with Gasteiger partial charge in [0.25, 0.3) is 0 Å². The molecule has 2 heterocycles. The summed E-state index contributed by atoms with van der Waals surface area (Å²) in [5, 5.41) is 9.92. The lowest BCUT2D eigenvalue weighted by molar-refractivity contribution is -0.258. The summed E-state index contributed by atoms with van der Waals surface area (Å²) in [5.41, 5.74) is 1.30. The average molecular weight is 404 g/mol. The molecule has 1 atom stereocenters.